The predicted molar refractivity (Wildman–Crippen MR) is 126 cm³/mol. The standard InChI is InChI=1S/C23H43NO15/c1-9-12(27)14(29)16(31)22(35-9)39-20-13(28)10(7-25)36-23(18(20)33)38-19-11(8-26)37-21(17(32)15(19)30)34-6-4-2-3-5-24/h9-23,25-33H,2-8,24H2,1H3/t9?,10?,11?,12-,13+,14?,15+,16-,17?,18-,19+,20?,21-,22-,23-/m0/s1. The van der Waals surface area contributed by atoms with Crippen LogP contribution in [0.2, 0.25) is 0 Å². The van der Waals surface area contributed by atoms with E-state index in [4.69, 9.17) is 34.2 Å². The van der Waals surface area contributed by atoms with E-state index in [-0.39, 0.29) is 6.61 Å². The molecule has 3 aliphatic rings. The fourth-order valence-electron chi connectivity index (χ4n) is 4.74. The van der Waals surface area contributed by atoms with Crippen LogP contribution in [0, 0.1) is 0 Å². The van der Waals surface area contributed by atoms with Crippen molar-refractivity contribution in [2.75, 3.05) is 26.4 Å². The minimum atomic E-state index is -1.82. The Morgan fingerprint density at radius 2 is 1.18 bits per heavy atom. The topological polar surface area (TPSA) is 263 Å². The summed E-state index contributed by atoms with van der Waals surface area (Å²) < 4.78 is 33.2. The van der Waals surface area contributed by atoms with Gasteiger partial charge in [-0.3, -0.25) is 0 Å². The average Bonchev–Trinajstić information content (AvgIpc) is 2.92. The molecule has 0 aromatic rings. The number of aliphatic hydroxyl groups is 9. The molecule has 3 fully saturated rings. The molecule has 3 saturated heterocycles. The van der Waals surface area contributed by atoms with Crippen molar-refractivity contribution in [1.29, 1.82) is 0 Å². The molecule has 0 saturated carbocycles. The third kappa shape index (κ3) is 7.61. The Hall–Kier alpha value is -0.640. The quantitative estimate of drug-likeness (QED) is 0.0976. The first-order chi connectivity index (χ1) is 18.5. The van der Waals surface area contributed by atoms with Gasteiger partial charge < -0.3 is 80.1 Å². The van der Waals surface area contributed by atoms with Crippen LogP contribution < -0.4 is 5.73 Å². The summed E-state index contributed by atoms with van der Waals surface area (Å²) in [5, 5.41) is 92.7. The van der Waals surface area contributed by atoms with Gasteiger partial charge in [0.05, 0.1) is 19.3 Å². The summed E-state index contributed by atoms with van der Waals surface area (Å²) in [6.45, 7) is 0.723. The van der Waals surface area contributed by atoms with Crippen molar-refractivity contribution < 1.29 is 74.4 Å². The molecule has 15 atom stereocenters. The van der Waals surface area contributed by atoms with Crippen molar-refractivity contribution in [3.8, 4) is 0 Å². The van der Waals surface area contributed by atoms with Crippen molar-refractivity contribution in [1.82, 2.24) is 0 Å². The number of ether oxygens (including phenoxy) is 6. The third-order valence-electron chi connectivity index (χ3n) is 7.16. The molecule has 39 heavy (non-hydrogen) atoms. The molecule has 0 radical (unpaired) electrons. The summed E-state index contributed by atoms with van der Waals surface area (Å²) >= 11 is 0. The lowest BCUT2D eigenvalue weighted by molar-refractivity contribution is -0.379. The molecule has 11 N–H and O–H groups in total. The van der Waals surface area contributed by atoms with E-state index >= 15 is 0 Å². The maximum Gasteiger partial charge on any atom is 0.187 e. The van der Waals surface area contributed by atoms with Gasteiger partial charge in [-0.05, 0) is 32.7 Å². The Kier molecular flexibility index (Phi) is 12.7. The molecule has 0 amide bonds. The number of aliphatic hydroxyl groups excluding tert-OH is 9. The smallest absolute Gasteiger partial charge is 0.187 e. The van der Waals surface area contributed by atoms with E-state index in [2.05, 4.69) is 0 Å². The van der Waals surface area contributed by atoms with Crippen LogP contribution in [0.25, 0.3) is 0 Å². The number of unbranched alkanes of at least 4 members (excludes halogenated alkanes) is 2. The Morgan fingerprint density at radius 1 is 0.590 bits per heavy atom. The van der Waals surface area contributed by atoms with Crippen molar-refractivity contribution in [3.63, 3.8) is 0 Å². The Labute approximate surface area is 225 Å². The molecular weight excluding hydrogens is 530 g/mol. The van der Waals surface area contributed by atoms with Gasteiger partial charge in [0.25, 0.3) is 0 Å². The monoisotopic (exact) mass is 573 g/mol. The van der Waals surface area contributed by atoms with Crippen LogP contribution in [0.3, 0.4) is 0 Å². The normalized spacial score (nSPS) is 47.3. The second-order valence-corrected chi connectivity index (χ2v) is 10.0. The average molecular weight is 574 g/mol. The van der Waals surface area contributed by atoms with Crippen molar-refractivity contribution in [2.24, 2.45) is 5.73 Å². The van der Waals surface area contributed by atoms with Gasteiger partial charge in [0.15, 0.2) is 18.9 Å². The highest BCUT2D eigenvalue weighted by molar-refractivity contribution is 4.96. The van der Waals surface area contributed by atoms with Crippen molar-refractivity contribution >= 4 is 0 Å². The molecule has 0 aliphatic carbocycles. The van der Waals surface area contributed by atoms with Gasteiger partial charge in [0.1, 0.15) is 67.1 Å². The highest BCUT2D eigenvalue weighted by Gasteiger charge is 2.53. The summed E-state index contributed by atoms with van der Waals surface area (Å²) in [5.41, 5.74) is 5.45. The molecule has 16 heteroatoms. The molecule has 0 bridgehead atoms. The molecular formula is C23H43NO15. The zero-order valence-electron chi connectivity index (χ0n) is 21.7. The second-order valence-electron chi connectivity index (χ2n) is 10.0. The highest BCUT2D eigenvalue weighted by Crippen LogP contribution is 2.32. The summed E-state index contributed by atoms with van der Waals surface area (Å²) in [6.07, 6.45) is -20.6. The van der Waals surface area contributed by atoms with Crippen LogP contribution in [-0.4, -0.2) is 164 Å². The van der Waals surface area contributed by atoms with Gasteiger partial charge in [-0.25, -0.2) is 0 Å². The van der Waals surface area contributed by atoms with Crippen LogP contribution in [0.1, 0.15) is 26.2 Å². The van der Waals surface area contributed by atoms with Crippen molar-refractivity contribution in [3.05, 3.63) is 0 Å². The van der Waals surface area contributed by atoms with E-state index in [1.807, 2.05) is 0 Å². The van der Waals surface area contributed by atoms with E-state index in [1.54, 1.807) is 0 Å². The van der Waals surface area contributed by atoms with Gasteiger partial charge >= 0.3 is 0 Å². The van der Waals surface area contributed by atoms with E-state index < -0.39 is 105 Å². The first-order valence-electron chi connectivity index (χ1n) is 13.1. The molecule has 0 aromatic carbocycles. The summed E-state index contributed by atoms with van der Waals surface area (Å²) in [6, 6.07) is 0. The molecule has 3 aliphatic heterocycles. The summed E-state index contributed by atoms with van der Waals surface area (Å²) in [7, 11) is 0. The van der Waals surface area contributed by atoms with E-state index in [0.29, 0.717) is 13.0 Å². The molecule has 0 aromatic heterocycles. The molecule has 230 valence electrons. The zero-order valence-corrected chi connectivity index (χ0v) is 21.7. The van der Waals surface area contributed by atoms with Gasteiger partial charge in [-0.15, -0.1) is 0 Å². The number of hydrogen-bond acceptors (Lipinski definition) is 16. The largest absolute Gasteiger partial charge is 0.394 e. The first kappa shape index (κ1) is 32.9. The third-order valence-corrected chi connectivity index (χ3v) is 7.16. The highest BCUT2D eigenvalue weighted by atomic mass is 16.8. The fourth-order valence-corrected chi connectivity index (χ4v) is 4.74. The molecule has 16 nitrogen and oxygen atoms in total. The van der Waals surface area contributed by atoms with Crippen LogP contribution in [-0.2, 0) is 28.4 Å². The summed E-state index contributed by atoms with van der Waals surface area (Å²) in [4.78, 5) is 0. The number of hydrogen-bond donors (Lipinski definition) is 10. The fraction of sp³-hybridized carbons (Fsp3) is 1.00. The first-order valence-corrected chi connectivity index (χ1v) is 13.1. The Bertz CT molecular complexity index is 721. The van der Waals surface area contributed by atoms with Crippen molar-refractivity contribution in [2.45, 2.75) is 118 Å². The second kappa shape index (κ2) is 15.0. The zero-order chi connectivity index (χ0) is 28.9. The molecule has 3 rings (SSSR count). The van der Waals surface area contributed by atoms with Gasteiger partial charge in [0.2, 0.25) is 0 Å². The van der Waals surface area contributed by atoms with E-state index in [1.165, 1.54) is 6.92 Å². The maximum atomic E-state index is 10.9. The van der Waals surface area contributed by atoms with Gasteiger partial charge in [0, 0.05) is 6.61 Å². The van der Waals surface area contributed by atoms with E-state index in [0.717, 1.165) is 12.8 Å². The lowest BCUT2D eigenvalue weighted by atomic mass is 9.96. The SMILES string of the molecule is CC1O[C@@H](OC2[C@H](O)C(CO)O[C@@H](O[C@@H]3C(CO)O[C@H](OCCCCCN)C(O)[C@H]3O)[C@H]2O)[C@@H](O)C(O)[C@H]1O. The predicted octanol–water partition coefficient (Wildman–Crippen LogP) is -5.39. The van der Waals surface area contributed by atoms with Crippen LogP contribution in [0.5, 0.6) is 0 Å². The van der Waals surface area contributed by atoms with Gasteiger partial charge in [-0.2, -0.15) is 0 Å². The lowest BCUT2D eigenvalue weighted by Gasteiger charge is -2.48. The molecule has 0 spiro atoms. The molecule has 6 unspecified atom stereocenters. The van der Waals surface area contributed by atoms with Crippen LogP contribution in [0.15, 0.2) is 0 Å². The van der Waals surface area contributed by atoms with Crippen LogP contribution >= 0.6 is 0 Å². The van der Waals surface area contributed by atoms with Gasteiger partial charge in [-0.1, -0.05) is 0 Å². The number of nitrogens with two attached hydrogens (primary N) is 1. The number of rotatable bonds is 12. The Morgan fingerprint density at radius 3 is 1.82 bits per heavy atom. The minimum absolute atomic E-state index is 0.205. The molecule has 3 heterocycles. The minimum Gasteiger partial charge on any atom is -0.394 e. The lowest BCUT2D eigenvalue weighted by Crippen LogP contribution is -2.66. The Balaban J connectivity index is 1.69. The van der Waals surface area contributed by atoms with Crippen LogP contribution in [0.4, 0.5) is 0 Å². The van der Waals surface area contributed by atoms with E-state index in [9.17, 15) is 46.0 Å². The summed E-state index contributed by atoms with van der Waals surface area (Å²) in [5.74, 6) is 0. The maximum absolute atomic E-state index is 10.9.